The van der Waals surface area contributed by atoms with E-state index < -0.39 is 14.6 Å². The molecule has 1 aromatic rings. The van der Waals surface area contributed by atoms with E-state index in [1.807, 2.05) is 0 Å². The van der Waals surface area contributed by atoms with Crippen molar-refractivity contribution in [3.8, 4) is 5.75 Å². The van der Waals surface area contributed by atoms with Gasteiger partial charge in [-0.25, -0.2) is 8.42 Å². The first-order valence-corrected chi connectivity index (χ1v) is 6.84. The van der Waals surface area contributed by atoms with E-state index in [4.69, 9.17) is 5.11 Å². The minimum atomic E-state index is -3.08. The van der Waals surface area contributed by atoms with E-state index in [1.165, 1.54) is 6.26 Å². The van der Waals surface area contributed by atoms with E-state index >= 15 is 0 Å². The molecule has 82 valence electrons. The first-order valence-electron chi connectivity index (χ1n) is 4.95. The van der Waals surface area contributed by atoms with Gasteiger partial charge >= 0.3 is 0 Å². The van der Waals surface area contributed by atoms with E-state index in [-0.39, 0.29) is 5.75 Å². The Morgan fingerprint density at radius 2 is 1.73 bits per heavy atom. The third-order valence-corrected chi connectivity index (χ3v) is 5.33. The molecular weight excluding hydrogens is 212 g/mol. The maximum absolute atomic E-state index is 11.8. The van der Waals surface area contributed by atoms with Crippen molar-refractivity contribution in [3.63, 3.8) is 0 Å². The quantitative estimate of drug-likeness (QED) is 0.836. The van der Waals surface area contributed by atoms with Crippen molar-refractivity contribution in [3.05, 3.63) is 29.8 Å². The molecule has 15 heavy (non-hydrogen) atoms. The number of phenolic OH excluding ortho intramolecular Hbond substituents is 1. The standard InChI is InChI=1S/C11H14O3S/c1-15(13,14)11(7-2-8-11)9-3-5-10(12)6-4-9/h3-6,12H,2,7-8H2,1H3. The second-order valence-electron chi connectivity index (χ2n) is 4.17. The van der Waals surface area contributed by atoms with Gasteiger partial charge in [-0.2, -0.15) is 0 Å². The van der Waals surface area contributed by atoms with Crippen molar-refractivity contribution in [2.24, 2.45) is 0 Å². The summed E-state index contributed by atoms with van der Waals surface area (Å²) >= 11 is 0. The normalized spacial score (nSPS) is 19.5. The maximum atomic E-state index is 11.8. The van der Waals surface area contributed by atoms with E-state index in [2.05, 4.69) is 0 Å². The molecule has 1 aliphatic rings. The van der Waals surface area contributed by atoms with Crippen LogP contribution in [0.1, 0.15) is 24.8 Å². The van der Waals surface area contributed by atoms with E-state index in [1.54, 1.807) is 24.3 Å². The lowest BCUT2D eigenvalue weighted by Gasteiger charge is -2.40. The number of aromatic hydroxyl groups is 1. The molecule has 0 amide bonds. The Hall–Kier alpha value is -1.03. The number of sulfone groups is 1. The van der Waals surface area contributed by atoms with Crippen LogP contribution < -0.4 is 0 Å². The summed E-state index contributed by atoms with van der Waals surface area (Å²) in [7, 11) is -3.08. The van der Waals surface area contributed by atoms with Crippen molar-refractivity contribution in [1.29, 1.82) is 0 Å². The number of hydrogen-bond donors (Lipinski definition) is 1. The fourth-order valence-electron chi connectivity index (χ4n) is 2.14. The fraction of sp³-hybridized carbons (Fsp3) is 0.455. The summed E-state index contributed by atoms with van der Waals surface area (Å²) < 4.78 is 22.8. The van der Waals surface area contributed by atoms with Gasteiger partial charge in [-0.05, 0) is 37.0 Å². The third kappa shape index (κ3) is 1.53. The molecule has 0 saturated heterocycles. The topological polar surface area (TPSA) is 54.4 Å². The zero-order chi connectivity index (χ0) is 11.1. The van der Waals surface area contributed by atoms with Crippen molar-refractivity contribution >= 4 is 9.84 Å². The minimum absolute atomic E-state index is 0.168. The zero-order valence-electron chi connectivity index (χ0n) is 8.60. The predicted molar refractivity (Wildman–Crippen MR) is 58.5 cm³/mol. The predicted octanol–water partition coefficient (Wildman–Crippen LogP) is 1.82. The van der Waals surface area contributed by atoms with Gasteiger partial charge in [0.25, 0.3) is 0 Å². The molecule has 4 heteroatoms. The highest BCUT2D eigenvalue weighted by Gasteiger charge is 2.47. The first-order chi connectivity index (χ1) is 6.96. The number of rotatable bonds is 2. The summed E-state index contributed by atoms with van der Waals surface area (Å²) in [6.07, 6.45) is 3.63. The fourth-order valence-corrected chi connectivity index (χ4v) is 3.73. The van der Waals surface area contributed by atoms with Crippen molar-refractivity contribution in [2.45, 2.75) is 24.0 Å². The lowest BCUT2D eigenvalue weighted by molar-refractivity contribution is 0.346. The van der Waals surface area contributed by atoms with Gasteiger partial charge in [-0.3, -0.25) is 0 Å². The SMILES string of the molecule is CS(=O)(=O)C1(c2ccc(O)cc2)CCC1. The molecule has 0 unspecified atom stereocenters. The van der Waals surface area contributed by atoms with Gasteiger partial charge in [0.1, 0.15) is 5.75 Å². The van der Waals surface area contributed by atoms with Crippen LogP contribution in [0.4, 0.5) is 0 Å². The van der Waals surface area contributed by atoms with E-state index in [0.717, 1.165) is 12.0 Å². The highest BCUT2D eigenvalue weighted by atomic mass is 32.2. The Morgan fingerprint density at radius 3 is 2.07 bits per heavy atom. The van der Waals surface area contributed by atoms with Gasteiger partial charge in [0, 0.05) is 6.26 Å². The molecule has 3 nitrogen and oxygen atoms in total. The Labute approximate surface area is 89.7 Å². The second kappa shape index (κ2) is 3.23. The minimum Gasteiger partial charge on any atom is -0.508 e. The first kappa shape index (κ1) is 10.5. The van der Waals surface area contributed by atoms with Crippen molar-refractivity contribution < 1.29 is 13.5 Å². The lowest BCUT2D eigenvalue weighted by Crippen LogP contribution is -2.41. The molecule has 0 atom stereocenters. The molecule has 1 aliphatic carbocycles. The van der Waals surface area contributed by atoms with Crippen LogP contribution in [0.25, 0.3) is 0 Å². The molecule has 0 aromatic heterocycles. The van der Waals surface area contributed by atoms with Gasteiger partial charge in [-0.15, -0.1) is 0 Å². The molecule has 1 aromatic carbocycles. The molecule has 1 saturated carbocycles. The van der Waals surface area contributed by atoms with Crippen LogP contribution in [0.3, 0.4) is 0 Å². The highest BCUT2D eigenvalue weighted by molar-refractivity contribution is 7.91. The molecule has 1 N–H and O–H groups in total. The Bertz CT molecular complexity index is 455. The lowest BCUT2D eigenvalue weighted by atomic mass is 9.79. The van der Waals surface area contributed by atoms with Crippen molar-refractivity contribution in [2.75, 3.05) is 6.26 Å². The summed E-state index contributed by atoms with van der Waals surface area (Å²) in [5, 5.41) is 9.17. The second-order valence-corrected chi connectivity index (χ2v) is 6.49. The monoisotopic (exact) mass is 226 g/mol. The highest BCUT2D eigenvalue weighted by Crippen LogP contribution is 2.47. The molecule has 2 rings (SSSR count). The van der Waals surface area contributed by atoms with Crippen LogP contribution in [0.5, 0.6) is 5.75 Å². The van der Waals surface area contributed by atoms with Crippen LogP contribution in [0.15, 0.2) is 24.3 Å². The molecular formula is C11H14O3S. The Kier molecular flexibility index (Phi) is 2.26. The van der Waals surface area contributed by atoms with Gasteiger partial charge in [-0.1, -0.05) is 12.1 Å². The molecule has 0 radical (unpaired) electrons. The summed E-state index contributed by atoms with van der Waals surface area (Å²) in [5.41, 5.74) is 0.800. The molecule has 0 spiro atoms. The van der Waals surface area contributed by atoms with E-state index in [9.17, 15) is 8.42 Å². The van der Waals surface area contributed by atoms with E-state index in [0.29, 0.717) is 12.8 Å². The van der Waals surface area contributed by atoms with Crippen LogP contribution in [0, 0.1) is 0 Å². The molecule has 1 fully saturated rings. The van der Waals surface area contributed by atoms with Gasteiger partial charge < -0.3 is 5.11 Å². The number of phenols is 1. The van der Waals surface area contributed by atoms with Crippen LogP contribution >= 0.6 is 0 Å². The average Bonchev–Trinajstić information content (AvgIpc) is 2.03. The summed E-state index contributed by atoms with van der Waals surface area (Å²) in [6, 6.07) is 6.49. The summed E-state index contributed by atoms with van der Waals surface area (Å²) in [6.45, 7) is 0. The Morgan fingerprint density at radius 1 is 1.20 bits per heavy atom. The number of benzene rings is 1. The summed E-state index contributed by atoms with van der Waals surface area (Å²) in [5.74, 6) is 0.168. The zero-order valence-corrected chi connectivity index (χ0v) is 9.42. The average molecular weight is 226 g/mol. The van der Waals surface area contributed by atoms with Crippen LogP contribution in [-0.4, -0.2) is 19.8 Å². The molecule has 0 heterocycles. The van der Waals surface area contributed by atoms with Crippen LogP contribution in [-0.2, 0) is 14.6 Å². The Balaban J connectivity index is 2.48. The third-order valence-electron chi connectivity index (χ3n) is 3.26. The molecule has 0 aliphatic heterocycles. The number of hydrogen-bond acceptors (Lipinski definition) is 3. The van der Waals surface area contributed by atoms with Gasteiger partial charge in [0.05, 0.1) is 4.75 Å². The summed E-state index contributed by atoms with van der Waals surface area (Å²) in [4.78, 5) is 0. The largest absolute Gasteiger partial charge is 0.508 e. The molecule has 0 bridgehead atoms. The van der Waals surface area contributed by atoms with Crippen LogP contribution in [0.2, 0.25) is 0 Å². The smallest absolute Gasteiger partial charge is 0.157 e. The maximum Gasteiger partial charge on any atom is 0.157 e. The van der Waals surface area contributed by atoms with Gasteiger partial charge in [0.2, 0.25) is 0 Å². The van der Waals surface area contributed by atoms with Crippen molar-refractivity contribution in [1.82, 2.24) is 0 Å². The van der Waals surface area contributed by atoms with Gasteiger partial charge in [0.15, 0.2) is 9.84 Å².